The number of hydrogen-bond acceptors (Lipinski definition) is 5. The van der Waals surface area contributed by atoms with Crippen LogP contribution in [-0.2, 0) is 16.6 Å². The van der Waals surface area contributed by atoms with Gasteiger partial charge in [-0.05, 0) is 37.3 Å². The molecule has 31 heavy (non-hydrogen) atoms. The van der Waals surface area contributed by atoms with Crippen LogP contribution in [0.1, 0.15) is 23.0 Å². The van der Waals surface area contributed by atoms with Gasteiger partial charge < -0.3 is 4.90 Å². The fraction of sp³-hybridized carbons (Fsp3) is 0.304. The van der Waals surface area contributed by atoms with Crippen LogP contribution in [0.15, 0.2) is 59.6 Å². The Labute approximate surface area is 181 Å². The third kappa shape index (κ3) is 3.31. The van der Waals surface area contributed by atoms with E-state index in [4.69, 9.17) is 0 Å². The molecule has 2 aromatic carbocycles. The number of rotatable bonds is 5. The van der Waals surface area contributed by atoms with E-state index in [-0.39, 0.29) is 10.8 Å². The van der Waals surface area contributed by atoms with Crippen LogP contribution in [0.3, 0.4) is 0 Å². The van der Waals surface area contributed by atoms with Crippen molar-refractivity contribution in [2.24, 2.45) is 0 Å². The number of aromatic nitrogens is 1. The first kappa shape index (κ1) is 20.1. The molecule has 0 radical (unpaired) electrons. The smallest absolute Gasteiger partial charge is 0.258 e. The number of hydrogen-bond donors (Lipinski definition) is 0. The summed E-state index contributed by atoms with van der Waals surface area (Å²) in [7, 11) is -3.67. The van der Waals surface area contributed by atoms with E-state index < -0.39 is 10.0 Å². The second-order valence-electron chi connectivity index (χ2n) is 7.86. The van der Waals surface area contributed by atoms with Crippen molar-refractivity contribution in [1.29, 1.82) is 0 Å². The molecule has 1 aromatic heterocycles. The molecule has 0 saturated carbocycles. The van der Waals surface area contributed by atoms with Gasteiger partial charge in [0.15, 0.2) is 0 Å². The van der Waals surface area contributed by atoms with Crippen molar-refractivity contribution in [3.8, 4) is 0 Å². The molecular weight excluding hydrogens is 412 g/mol. The monoisotopic (exact) mass is 436 g/mol. The Morgan fingerprint density at radius 3 is 2.48 bits per heavy atom. The molecule has 8 heteroatoms. The van der Waals surface area contributed by atoms with Crippen LogP contribution in [0.25, 0.3) is 10.8 Å². The molecule has 3 heterocycles. The number of sulfonamides is 1. The summed E-state index contributed by atoms with van der Waals surface area (Å²) in [6, 6.07) is 14.6. The number of nitrogens with zero attached hydrogens (tertiary/aromatic N) is 4. The summed E-state index contributed by atoms with van der Waals surface area (Å²) in [5, 5.41) is 1.36. The summed E-state index contributed by atoms with van der Waals surface area (Å²) >= 11 is 0. The Balaban J connectivity index is 1.42. The lowest BCUT2D eigenvalue weighted by Crippen LogP contribution is -2.48. The van der Waals surface area contributed by atoms with Crippen molar-refractivity contribution in [2.45, 2.75) is 18.4 Å². The number of carbonyl (C=O) groups is 1. The lowest BCUT2D eigenvalue weighted by Gasteiger charge is -2.34. The van der Waals surface area contributed by atoms with Gasteiger partial charge in [-0.1, -0.05) is 18.2 Å². The van der Waals surface area contributed by atoms with Crippen LogP contribution in [0.2, 0.25) is 0 Å². The number of carbonyl (C=O) groups excluding carboxylic acids is 1. The van der Waals surface area contributed by atoms with Gasteiger partial charge in [0.1, 0.15) is 0 Å². The second-order valence-corrected chi connectivity index (χ2v) is 9.77. The normalized spacial score (nSPS) is 17.6. The molecule has 0 atom stereocenters. The van der Waals surface area contributed by atoms with Gasteiger partial charge in [-0.25, -0.2) is 8.42 Å². The van der Waals surface area contributed by atoms with Gasteiger partial charge in [-0.2, -0.15) is 4.31 Å². The third-order valence-electron chi connectivity index (χ3n) is 6.12. The number of piperazine rings is 1. The maximum atomic E-state index is 13.5. The third-order valence-corrected chi connectivity index (χ3v) is 8.08. The standard InChI is InChI=1S/C23H24N4O3S/c1-2-27-20-9-10-21(18-7-5-8-19(22(18)20)23(27)28)31(29,30)26-14-12-25(13-15-26)16-17-6-3-4-11-24-17/h3-11H,2,12-16H2,1H3. The molecule has 0 spiro atoms. The Hall–Kier alpha value is -2.81. The summed E-state index contributed by atoms with van der Waals surface area (Å²) in [5.41, 5.74) is 2.35. The maximum absolute atomic E-state index is 13.5. The van der Waals surface area contributed by atoms with Gasteiger partial charge in [0.05, 0.1) is 16.3 Å². The van der Waals surface area contributed by atoms with E-state index in [2.05, 4.69) is 9.88 Å². The van der Waals surface area contributed by atoms with Crippen molar-refractivity contribution in [3.05, 3.63) is 66.0 Å². The predicted octanol–water partition coefficient (Wildman–Crippen LogP) is 2.72. The molecule has 160 valence electrons. The molecule has 1 fully saturated rings. The second kappa shape index (κ2) is 7.71. The average Bonchev–Trinajstić information content (AvgIpc) is 3.07. The first-order valence-electron chi connectivity index (χ1n) is 10.5. The molecule has 0 N–H and O–H groups in total. The Morgan fingerprint density at radius 2 is 1.77 bits per heavy atom. The lowest BCUT2D eigenvalue weighted by molar-refractivity contribution is 0.0994. The van der Waals surface area contributed by atoms with Gasteiger partial charge in [0.25, 0.3) is 5.91 Å². The highest BCUT2D eigenvalue weighted by Gasteiger charge is 2.34. The molecule has 0 unspecified atom stereocenters. The zero-order chi connectivity index (χ0) is 21.6. The topological polar surface area (TPSA) is 73.8 Å². The minimum Gasteiger partial charge on any atom is -0.308 e. The van der Waals surface area contributed by atoms with Gasteiger partial charge in [-0.3, -0.25) is 14.7 Å². The number of amides is 1. The molecule has 7 nitrogen and oxygen atoms in total. The number of pyridine rings is 1. The molecule has 2 aliphatic rings. The van der Waals surface area contributed by atoms with E-state index in [0.29, 0.717) is 50.2 Å². The Kier molecular flexibility index (Phi) is 5.00. The summed E-state index contributed by atoms with van der Waals surface area (Å²) in [6.45, 7) is 5.34. The molecule has 5 rings (SSSR count). The van der Waals surface area contributed by atoms with Crippen molar-refractivity contribution >= 4 is 32.4 Å². The zero-order valence-corrected chi connectivity index (χ0v) is 18.2. The highest BCUT2D eigenvalue weighted by atomic mass is 32.2. The molecular formula is C23H24N4O3S. The quantitative estimate of drug-likeness (QED) is 0.615. The van der Waals surface area contributed by atoms with E-state index in [1.165, 1.54) is 0 Å². The van der Waals surface area contributed by atoms with Crippen molar-refractivity contribution in [3.63, 3.8) is 0 Å². The van der Waals surface area contributed by atoms with Gasteiger partial charge >= 0.3 is 0 Å². The van der Waals surface area contributed by atoms with Crippen molar-refractivity contribution < 1.29 is 13.2 Å². The van der Waals surface area contributed by atoms with Crippen LogP contribution in [-0.4, -0.2) is 61.2 Å². The number of anilines is 1. The molecule has 3 aromatic rings. The summed E-state index contributed by atoms with van der Waals surface area (Å²) in [5.74, 6) is -0.0687. The Morgan fingerprint density at radius 1 is 0.968 bits per heavy atom. The first-order chi connectivity index (χ1) is 15.0. The fourth-order valence-electron chi connectivity index (χ4n) is 4.55. The van der Waals surface area contributed by atoms with Crippen LogP contribution < -0.4 is 4.90 Å². The summed E-state index contributed by atoms with van der Waals surface area (Å²) < 4.78 is 28.6. The van der Waals surface area contributed by atoms with Crippen LogP contribution in [0.5, 0.6) is 0 Å². The van der Waals surface area contributed by atoms with Gasteiger partial charge in [-0.15, -0.1) is 0 Å². The maximum Gasteiger partial charge on any atom is 0.258 e. The van der Waals surface area contributed by atoms with E-state index in [1.807, 2.05) is 25.1 Å². The highest BCUT2D eigenvalue weighted by molar-refractivity contribution is 7.89. The molecule has 2 aliphatic heterocycles. The molecule has 1 amide bonds. The molecule has 0 bridgehead atoms. The minimum atomic E-state index is -3.67. The number of benzene rings is 2. The average molecular weight is 437 g/mol. The Bertz CT molecular complexity index is 1250. The van der Waals surface area contributed by atoms with E-state index in [0.717, 1.165) is 16.8 Å². The largest absolute Gasteiger partial charge is 0.308 e. The zero-order valence-electron chi connectivity index (χ0n) is 17.4. The first-order valence-corrected chi connectivity index (χ1v) is 11.9. The van der Waals surface area contributed by atoms with E-state index in [9.17, 15) is 13.2 Å². The van der Waals surface area contributed by atoms with Crippen LogP contribution in [0.4, 0.5) is 5.69 Å². The highest BCUT2D eigenvalue weighted by Crippen LogP contribution is 2.40. The van der Waals surface area contributed by atoms with Crippen LogP contribution in [0, 0.1) is 0 Å². The van der Waals surface area contributed by atoms with Crippen molar-refractivity contribution in [2.75, 3.05) is 37.6 Å². The molecule has 0 aliphatic carbocycles. The van der Waals surface area contributed by atoms with Crippen LogP contribution >= 0.6 is 0 Å². The summed E-state index contributed by atoms with van der Waals surface area (Å²) in [6.07, 6.45) is 1.77. The van der Waals surface area contributed by atoms with E-state index >= 15 is 0 Å². The predicted molar refractivity (Wildman–Crippen MR) is 120 cm³/mol. The SMILES string of the molecule is CCN1C(=O)c2cccc3c(S(=O)(=O)N4CCN(Cc5ccccn5)CC4)ccc1c23. The summed E-state index contributed by atoms with van der Waals surface area (Å²) in [4.78, 5) is 21.3. The van der Waals surface area contributed by atoms with Gasteiger partial charge in [0.2, 0.25) is 10.0 Å². The van der Waals surface area contributed by atoms with Crippen molar-refractivity contribution in [1.82, 2.24) is 14.2 Å². The molecule has 1 saturated heterocycles. The van der Waals surface area contributed by atoms with Gasteiger partial charge in [0, 0.05) is 61.8 Å². The fourth-order valence-corrected chi connectivity index (χ4v) is 6.16. The van der Waals surface area contributed by atoms with E-state index in [1.54, 1.807) is 45.7 Å². The minimum absolute atomic E-state index is 0.0687. The lowest BCUT2D eigenvalue weighted by atomic mass is 10.1.